The highest BCUT2D eigenvalue weighted by Gasteiger charge is 2.38. The van der Waals surface area contributed by atoms with Crippen LogP contribution in [0.25, 0.3) is 0 Å². The molecule has 2 amide bonds. The zero-order valence-electron chi connectivity index (χ0n) is 15.1. The Hall–Kier alpha value is -2.25. The van der Waals surface area contributed by atoms with Gasteiger partial charge in [0.05, 0.1) is 25.2 Å². The van der Waals surface area contributed by atoms with E-state index in [4.69, 9.17) is 0 Å². The number of hydrogen-bond donors (Lipinski definition) is 2. The molecule has 3 atom stereocenters. The smallest absolute Gasteiger partial charge is 0.254 e. The first-order valence-corrected chi connectivity index (χ1v) is 10.4. The molecule has 2 N–H and O–H groups in total. The number of fused-ring (bicyclic) bond motifs is 1. The van der Waals surface area contributed by atoms with Gasteiger partial charge in [0.2, 0.25) is 5.91 Å². The van der Waals surface area contributed by atoms with Crippen LogP contribution in [-0.4, -0.2) is 40.5 Å². The summed E-state index contributed by atoms with van der Waals surface area (Å²) >= 11 is 1.63. The fourth-order valence-electron chi connectivity index (χ4n) is 4.03. The Bertz CT molecular complexity index is 781. The maximum atomic E-state index is 13.1. The van der Waals surface area contributed by atoms with Gasteiger partial charge >= 0.3 is 0 Å². The van der Waals surface area contributed by atoms with Gasteiger partial charge in [-0.3, -0.25) is 19.9 Å². The summed E-state index contributed by atoms with van der Waals surface area (Å²) in [5.41, 5.74) is 0.610. The highest BCUT2D eigenvalue weighted by atomic mass is 32.1. The van der Waals surface area contributed by atoms with Gasteiger partial charge in [-0.25, -0.2) is 0 Å². The van der Waals surface area contributed by atoms with Crippen molar-refractivity contribution in [1.82, 2.24) is 20.5 Å². The van der Waals surface area contributed by atoms with E-state index in [2.05, 4.69) is 15.6 Å². The van der Waals surface area contributed by atoms with Crippen molar-refractivity contribution < 1.29 is 9.59 Å². The largest absolute Gasteiger partial charge is 0.339 e. The van der Waals surface area contributed by atoms with Gasteiger partial charge in [-0.1, -0.05) is 18.9 Å². The van der Waals surface area contributed by atoms with Crippen molar-refractivity contribution in [2.45, 2.75) is 44.4 Å². The molecule has 0 aromatic carbocycles. The number of pyridine rings is 1. The molecule has 0 bridgehead atoms. The Labute approximate surface area is 163 Å². The molecule has 0 radical (unpaired) electrons. The summed E-state index contributed by atoms with van der Waals surface area (Å²) in [5.74, 6) is 0.139. The minimum atomic E-state index is -0.220. The Morgan fingerprint density at radius 2 is 2.04 bits per heavy atom. The van der Waals surface area contributed by atoms with Crippen LogP contribution in [0.1, 0.15) is 40.9 Å². The van der Waals surface area contributed by atoms with Crippen LogP contribution in [0.5, 0.6) is 0 Å². The van der Waals surface area contributed by atoms with Crippen LogP contribution in [0.4, 0.5) is 0 Å². The average Bonchev–Trinajstić information content (AvgIpc) is 3.21. The van der Waals surface area contributed by atoms with Crippen LogP contribution in [0, 0.1) is 5.92 Å². The first-order valence-electron chi connectivity index (χ1n) is 9.49. The van der Waals surface area contributed by atoms with Crippen molar-refractivity contribution in [1.29, 1.82) is 0 Å². The predicted octanol–water partition coefficient (Wildman–Crippen LogP) is 2.39. The molecule has 2 fully saturated rings. The molecule has 2 aromatic rings. The summed E-state index contributed by atoms with van der Waals surface area (Å²) in [6, 6.07) is 7.70. The van der Waals surface area contributed by atoms with E-state index in [1.54, 1.807) is 35.9 Å². The summed E-state index contributed by atoms with van der Waals surface area (Å²) in [6.07, 6.45) is 7.29. The number of carbonyl (C=O) groups excluding carboxylic acids is 2. The molecular weight excluding hydrogens is 360 g/mol. The van der Waals surface area contributed by atoms with Crippen LogP contribution in [-0.2, 0) is 11.3 Å². The molecule has 142 valence electrons. The number of nitrogens with one attached hydrogen (secondary N) is 2. The second-order valence-electron chi connectivity index (χ2n) is 7.23. The van der Waals surface area contributed by atoms with Gasteiger partial charge in [0.15, 0.2) is 0 Å². The monoisotopic (exact) mass is 384 g/mol. The van der Waals surface area contributed by atoms with Gasteiger partial charge in [-0.05, 0) is 36.4 Å². The van der Waals surface area contributed by atoms with Gasteiger partial charge in [0, 0.05) is 28.9 Å². The molecule has 1 saturated heterocycles. The first-order chi connectivity index (χ1) is 13.2. The summed E-state index contributed by atoms with van der Waals surface area (Å²) in [5, 5.41) is 8.66. The maximum absolute atomic E-state index is 13.1. The minimum absolute atomic E-state index is 0.0485. The third-order valence-corrected chi connectivity index (χ3v) is 6.24. The van der Waals surface area contributed by atoms with Crippen LogP contribution in [0.3, 0.4) is 0 Å². The SMILES string of the molecule is O=C1NC(CN(Cc2cccs2)C(=O)c2ccncc2)NC2CCCCC12. The summed E-state index contributed by atoms with van der Waals surface area (Å²) in [4.78, 5) is 32.5. The number of nitrogens with zero attached hydrogens (tertiary/aromatic N) is 2. The lowest BCUT2D eigenvalue weighted by Crippen LogP contribution is -2.65. The van der Waals surface area contributed by atoms with Gasteiger partial charge in [0.25, 0.3) is 5.91 Å². The highest BCUT2D eigenvalue weighted by molar-refractivity contribution is 7.09. The van der Waals surface area contributed by atoms with E-state index in [9.17, 15) is 9.59 Å². The number of amides is 2. The summed E-state index contributed by atoms with van der Waals surface area (Å²) in [7, 11) is 0. The number of aromatic nitrogens is 1. The molecule has 4 rings (SSSR count). The van der Waals surface area contributed by atoms with Crippen molar-refractivity contribution in [3.8, 4) is 0 Å². The molecule has 6 nitrogen and oxygen atoms in total. The van der Waals surface area contributed by atoms with Gasteiger partial charge in [-0.2, -0.15) is 0 Å². The van der Waals surface area contributed by atoms with E-state index in [0.29, 0.717) is 18.7 Å². The van der Waals surface area contributed by atoms with Crippen LogP contribution in [0.2, 0.25) is 0 Å². The van der Waals surface area contributed by atoms with Crippen molar-refractivity contribution in [2.75, 3.05) is 6.54 Å². The Balaban J connectivity index is 1.50. The van der Waals surface area contributed by atoms with E-state index in [0.717, 1.165) is 30.6 Å². The van der Waals surface area contributed by atoms with Crippen LogP contribution >= 0.6 is 11.3 Å². The Kier molecular flexibility index (Phi) is 5.50. The minimum Gasteiger partial charge on any atom is -0.339 e. The number of thiophene rings is 1. The standard InChI is InChI=1S/C20H24N4O2S/c25-19-16-5-1-2-6-17(16)22-18(23-19)13-24(12-15-4-3-11-27-15)20(26)14-7-9-21-10-8-14/h3-4,7-11,16-18,22H,1-2,5-6,12-13H2,(H,23,25). The van der Waals surface area contributed by atoms with Gasteiger partial charge in [0.1, 0.15) is 0 Å². The predicted molar refractivity (Wildman–Crippen MR) is 104 cm³/mol. The van der Waals surface area contributed by atoms with Crippen LogP contribution < -0.4 is 10.6 Å². The van der Waals surface area contributed by atoms with Crippen molar-refractivity contribution >= 4 is 23.2 Å². The third kappa shape index (κ3) is 4.20. The Morgan fingerprint density at radius 3 is 2.81 bits per heavy atom. The van der Waals surface area contributed by atoms with E-state index in [1.165, 1.54) is 0 Å². The molecule has 1 aliphatic carbocycles. The fourth-order valence-corrected chi connectivity index (χ4v) is 4.75. The lowest BCUT2D eigenvalue weighted by molar-refractivity contribution is -0.131. The van der Waals surface area contributed by atoms with E-state index < -0.39 is 0 Å². The fraction of sp³-hybridized carbons (Fsp3) is 0.450. The van der Waals surface area contributed by atoms with E-state index in [-0.39, 0.29) is 29.9 Å². The maximum Gasteiger partial charge on any atom is 0.254 e. The zero-order valence-corrected chi connectivity index (χ0v) is 16.0. The Morgan fingerprint density at radius 1 is 1.22 bits per heavy atom. The molecule has 0 spiro atoms. The molecule has 3 unspecified atom stereocenters. The van der Waals surface area contributed by atoms with Crippen molar-refractivity contribution in [3.63, 3.8) is 0 Å². The molecule has 2 aliphatic rings. The number of hydrogen-bond acceptors (Lipinski definition) is 5. The normalized spacial score (nSPS) is 24.7. The first kappa shape index (κ1) is 18.1. The van der Waals surface area contributed by atoms with E-state index in [1.807, 2.05) is 22.4 Å². The zero-order chi connectivity index (χ0) is 18.6. The molecule has 27 heavy (non-hydrogen) atoms. The highest BCUT2D eigenvalue weighted by Crippen LogP contribution is 2.27. The summed E-state index contributed by atoms with van der Waals surface area (Å²) in [6.45, 7) is 0.967. The molecule has 1 saturated carbocycles. The quantitative estimate of drug-likeness (QED) is 0.830. The molecule has 2 aromatic heterocycles. The van der Waals surface area contributed by atoms with Crippen molar-refractivity contribution in [2.24, 2.45) is 5.92 Å². The second-order valence-corrected chi connectivity index (χ2v) is 8.26. The molecule has 3 heterocycles. The third-order valence-electron chi connectivity index (χ3n) is 5.38. The second kappa shape index (κ2) is 8.19. The number of carbonyl (C=O) groups is 2. The lowest BCUT2D eigenvalue weighted by Gasteiger charge is -2.41. The van der Waals surface area contributed by atoms with Gasteiger partial charge in [-0.15, -0.1) is 11.3 Å². The van der Waals surface area contributed by atoms with Crippen molar-refractivity contribution in [3.05, 3.63) is 52.5 Å². The molecule has 1 aliphatic heterocycles. The number of rotatable bonds is 5. The molecular formula is C20H24N4O2S. The lowest BCUT2D eigenvalue weighted by atomic mass is 9.82. The topological polar surface area (TPSA) is 74.3 Å². The van der Waals surface area contributed by atoms with Crippen LogP contribution in [0.15, 0.2) is 42.0 Å². The summed E-state index contributed by atoms with van der Waals surface area (Å²) < 4.78 is 0. The van der Waals surface area contributed by atoms with E-state index >= 15 is 0 Å². The van der Waals surface area contributed by atoms with Gasteiger partial charge < -0.3 is 10.2 Å². The average molecular weight is 385 g/mol. The molecule has 7 heteroatoms.